The number of hydroxylamine groups is 2. The molecule has 28 heavy (non-hydrogen) atoms. The molecular weight excluding hydrogens is 378 g/mol. The number of rotatable bonds is 8. The fraction of sp³-hybridized carbons (Fsp3) is 0.550. The SMILES string of the molecule is CC(=O)OCCCCON1C(=O)c2cccc(O[Si](C)(C)C(C)(C)C)c2C1=O. The van der Waals surface area contributed by atoms with E-state index in [1.807, 2.05) is 0 Å². The van der Waals surface area contributed by atoms with Crippen LogP contribution in [0.25, 0.3) is 0 Å². The van der Waals surface area contributed by atoms with Crippen LogP contribution in [0, 0.1) is 0 Å². The molecule has 2 rings (SSSR count). The highest BCUT2D eigenvalue weighted by atomic mass is 28.4. The first-order valence-corrected chi connectivity index (χ1v) is 12.3. The van der Waals surface area contributed by atoms with Gasteiger partial charge in [0.15, 0.2) is 0 Å². The molecule has 154 valence electrons. The third kappa shape index (κ3) is 4.80. The van der Waals surface area contributed by atoms with Gasteiger partial charge in [0.1, 0.15) is 5.75 Å². The minimum absolute atomic E-state index is 0.0421. The molecule has 0 spiro atoms. The molecule has 0 saturated heterocycles. The number of carbonyl (C=O) groups is 3. The van der Waals surface area contributed by atoms with E-state index in [4.69, 9.17) is 14.0 Å². The molecule has 0 radical (unpaired) electrons. The highest BCUT2D eigenvalue weighted by Gasteiger charge is 2.43. The van der Waals surface area contributed by atoms with Crippen LogP contribution in [0.5, 0.6) is 5.75 Å². The van der Waals surface area contributed by atoms with E-state index >= 15 is 0 Å². The lowest BCUT2D eigenvalue weighted by Gasteiger charge is -2.36. The lowest BCUT2D eigenvalue weighted by Crippen LogP contribution is -2.44. The quantitative estimate of drug-likeness (QED) is 0.281. The van der Waals surface area contributed by atoms with Crippen molar-refractivity contribution in [2.75, 3.05) is 13.2 Å². The van der Waals surface area contributed by atoms with Crippen LogP contribution >= 0.6 is 0 Å². The van der Waals surface area contributed by atoms with Gasteiger partial charge in [-0.05, 0) is 43.1 Å². The second-order valence-electron chi connectivity index (χ2n) is 8.33. The van der Waals surface area contributed by atoms with Crippen LogP contribution in [0.15, 0.2) is 18.2 Å². The van der Waals surface area contributed by atoms with E-state index in [2.05, 4.69) is 33.9 Å². The Kier molecular flexibility index (Phi) is 6.66. The second-order valence-corrected chi connectivity index (χ2v) is 13.1. The summed E-state index contributed by atoms with van der Waals surface area (Å²) in [5.41, 5.74) is 0.554. The summed E-state index contributed by atoms with van der Waals surface area (Å²) in [6.45, 7) is 12.3. The van der Waals surface area contributed by atoms with Crippen molar-refractivity contribution in [2.24, 2.45) is 0 Å². The molecule has 1 aromatic carbocycles. The van der Waals surface area contributed by atoms with Crippen LogP contribution < -0.4 is 4.43 Å². The van der Waals surface area contributed by atoms with Crippen molar-refractivity contribution in [2.45, 2.75) is 58.7 Å². The molecule has 1 heterocycles. The molecule has 0 saturated carbocycles. The van der Waals surface area contributed by atoms with Crippen molar-refractivity contribution in [3.63, 3.8) is 0 Å². The molecule has 0 aromatic heterocycles. The Hall–Kier alpha value is -2.19. The van der Waals surface area contributed by atoms with Crippen molar-refractivity contribution in [1.82, 2.24) is 5.06 Å². The molecule has 0 fully saturated rings. The van der Waals surface area contributed by atoms with Gasteiger partial charge in [-0.3, -0.25) is 19.2 Å². The fourth-order valence-corrected chi connectivity index (χ4v) is 3.47. The van der Waals surface area contributed by atoms with Gasteiger partial charge < -0.3 is 9.16 Å². The summed E-state index contributed by atoms with van der Waals surface area (Å²) in [5.74, 6) is -0.895. The molecule has 7 nitrogen and oxygen atoms in total. The lowest BCUT2D eigenvalue weighted by molar-refractivity contribution is -0.141. The average molecular weight is 408 g/mol. The Balaban J connectivity index is 2.08. The Morgan fingerprint density at radius 2 is 1.71 bits per heavy atom. The molecular formula is C20H29NO6Si. The monoisotopic (exact) mass is 407 g/mol. The molecule has 2 amide bonds. The number of imide groups is 1. The number of ether oxygens (including phenoxy) is 1. The Bertz CT molecular complexity index is 768. The summed E-state index contributed by atoms with van der Waals surface area (Å²) in [4.78, 5) is 41.6. The van der Waals surface area contributed by atoms with Crippen LogP contribution in [-0.4, -0.2) is 44.4 Å². The summed E-state index contributed by atoms with van der Waals surface area (Å²) in [5, 5.41) is 0.758. The number of hydrogen-bond acceptors (Lipinski definition) is 6. The van der Waals surface area contributed by atoms with Crippen LogP contribution in [-0.2, 0) is 14.4 Å². The molecule has 0 aliphatic carbocycles. The highest BCUT2D eigenvalue weighted by molar-refractivity contribution is 6.74. The topological polar surface area (TPSA) is 82.1 Å². The van der Waals surface area contributed by atoms with Gasteiger partial charge in [-0.25, -0.2) is 0 Å². The molecule has 1 aromatic rings. The lowest BCUT2D eigenvalue weighted by atomic mass is 10.1. The van der Waals surface area contributed by atoms with Crippen LogP contribution in [0.1, 0.15) is 61.3 Å². The van der Waals surface area contributed by atoms with Gasteiger partial charge in [-0.1, -0.05) is 26.8 Å². The third-order valence-corrected chi connectivity index (χ3v) is 9.42. The number of fused-ring (bicyclic) bond motifs is 1. The van der Waals surface area contributed by atoms with E-state index in [0.717, 1.165) is 5.06 Å². The molecule has 1 aliphatic heterocycles. The number of nitrogens with zero attached hydrogens (tertiary/aromatic N) is 1. The van der Waals surface area contributed by atoms with Gasteiger partial charge >= 0.3 is 5.97 Å². The first kappa shape index (κ1) is 22.1. The number of esters is 1. The number of unbranched alkanes of at least 4 members (excludes halogenated alkanes) is 1. The minimum atomic E-state index is -2.18. The number of carbonyl (C=O) groups excluding carboxylic acids is 3. The van der Waals surface area contributed by atoms with E-state index in [9.17, 15) is 14.4 Å². The van der Waals surface area contributed by atoms with E-state index in [-0.39, 0.29) is 29.8 Å². The predicted molar refractivity (Wildman–Crippen MR) is 107 cm³/mol. The zero-order chi connectivity index (χ0) is 21.1. The Morgan fingerprint density at radius 3 is 2.32 bits per heavy atom. The van der Waals surface area contributed by atoms with Crippen LogP contribution in [0.2, 0.25) is 18.1 Å². The molecule has 0 atom stereocenters. The predicted octanol–water partition coefficient (Wildman–Crippen LogP) is 3.94. The van der Waals surface area contributed by atoms with Gasteiger partial charge in [0, 0.05) is 6.92 Å². The fourth-order valence-electron chi connectivity index (χ4n) is 2.44. The zero-order valence-electron chi connectivity index (χ0n) is 17.5. The molecule has 0 bridgehead atoms. The van der Waals surface area contributed by atoms with Crippen molar-refractivity contribution in [1.29, 1.82) is 0 Å². The number of hydrogen-bond donors (Lipinski definition) is 0. The molecule has 1 aliphatic rings. The van der Waals surface area contributed by atoms with Crippen molar-refractivity contribution in [3.8, 4) is 5.75 Å². The standard InChI is InChI=1S/C20H29NO6Si/c1-14(22)25-12-7-8-13-26-21-18(23)15-10-9-11-16(17(15)19(21)24)27-28(5,6)20(2,3)4/h9-11H,7-8,12-13H2,1-6H3. The smallest absolute Gasteiger partial charge is 0.302 e. The maximum atomic E-state index is 12.8. The summed E-state index contributed by atoms with van der Waals surface area (Å²) in [7, 11) is -2.18. The van der Waals surface area contributed by atoms with Crippen LogP contribution in [0.4, 0.5) is 0 Å². The van der Waals surface area contributed by atoms with Gasteiger partial charge in [0.05, 0.1) is 24.3 Å². The molecule has 0 N–H and O–H groups in total. The first-order chi connectivity index (χ1) is 13.0. The van der Waals surface area contributed by atoms with Gasteiger partial charge in [0.25, 0.3) is 20.1 Å². The van der Waals surface area contributed by atoms with Crippen molar-refractivity contribution in [3.05, 3.63) is 29.3 Å². The average Bonchev–Trinajstić information content (AvgIpc) is 2.81. The first-order valence-electron chi connectivity index (χ1n) is 9.43. The molecule has 0 unspecified atom stereocenters. The van der Waals surface area contributed by atoms with Gasteiger partial charge in [-0.2, -0.15) is 0 Å². The second kappa shape index (κ2) is 8.44. The normalized spacial score (nSPS) is 14.3. The summed E-state index contributed by atoms with van der Waals surface area (Å²) in [6.07, 6.45) is 1.14. The van der Waals surface area contributed by atoms with E-state index < -0.39 is 20.1 Å². The van der Waals surface area contributed by atoms with E-state index in [1.54, 1.807) is 18.2 Å². The minimum Gasteiger partial charge on any atom is -0.543 e. The summed E-state index contributed by atoms with van der Waals surface area (Å²) in [6, 6.07) is 5.06. The molecule has 8 heteroatoms. The van der Waals surface area contributed by atoms with Crippen molar-refractivity contribution >= 4 is 26.1 Å². The maximum Gasteiger partial charge on any atom is 0.302 e. The number of amides is 2. The Labute approximate surface area is 167 Å². The van der Waals surface area contributed by atoms with Crippen LogP contribution in [0.3, 0.4) is 0 Å². The van der Waals surface area contributed by atoms with Crippen molar-refractivity contribution < 1.29 is 28.4 Å². The zero-order valence-corrected chi connectivity index (χ0v) is 18.5. The summed E-state index contributed by atoms with van der Waals surface area (Å²) < 4.78 is 11.1. The van der Waals surface area contributed by atoms with Gasteiger partial charge in [-0.15, -0.1) is 5.06 Å². The van der Waals surface area contributed by atoms with E-state index in [1.165, 1.54) is 6.92 Å². The van der Waals surface area contributed by atoms with E-state index in [0.29, 0.717) is 24.2 Å². The maximum absolute atomic E-state index is 12.8. The Morgan fingerprint density at radius 1 is 1.07 bits per heavy atom. The number of benzene rings is 1. The highest BCUT2D eigenvalue weighted by Crippen LogP contribution is 2.40. The van der Waals surface area contributed by atoms with Gasteiger partial charge in [0.2, 0.25) is 0 Å². The summed E-state index contributed by atoms with van der Waals surface area (Å²) >= 11 is 0. The largest absolute Gasteiger partial charge is 0.543 e. The third-order valence-electron chi connectivity index (χ3n) is 5.08.